The Kier molecular flexibility index (Phi) is 9.31. The topological polar surface area (TPSA) is 105 Å². The lowest BCUT2D eigenvalue weighted by atomic mass is 10.0. The van der Waals surface area contributed by atoms with Crippen LogP contribution in [0.4, 0.5) is 4.79 Å². The zero-order valence-electron chi connectivity index (χ0n) is 20.5. The standard InChI is InChI=1S/C29H27BrN4O4/c1-2-14-37-27-13-12-23(30)15-22(27)18-32-34-28(35)26(16-21-17-31-25-11-7-6-10-24(21)25)33-29(36)38-19-20-8-4-3-5-9-20/h2-13,15,17-18,26,31H,1,14,16,19H2,(H,33,36)(H,34,35)/b32-18-/t26-/m0/s1. The molecular weight excluding hydrogens is 548 g/mol. The number of hydrogen-bond donors (Lipinski definition) is 3. The van der Waals surface area contributed by atoms with Crippen LogP contribution in [0.1, 0.15) is 16.7 Å². The Bertz CT molecular complexity index is 1440. The minimum absolute atomic E-state index is 0.0859. The van der Waals surface area contributed by atoms with Crippen molar-refractivity contribution in [3.05, 3.63) is 113 Å². The molecule has 0 spiro atoms. The van der Waals surface area contributed by atoms with E-state index < -0.39 is 18.0 Å². The summed E-state index contributed by atoms with van der Waals surface area (Å²) in [4.78, 5) is 29.0. The molecule has 0 aliphatic carbocycles. The maximum absolute atomic E-state index is 13.2. The Labute approximate surface area is 228 Å². The summed E-state index contributed by atoms with van der Waals surface area (Å²) < 4.78 is 11.8. The van der Waals surface area contributed by atoms with E-state index in [0.717, 1.165) is 26.5 Å². The molecular formula is C29H27BrN4O4. The van der Waals surface area contributed by atoms with Crippen LogP contribution in [0, 0.1) is 0 Å². The van der Waals surface area contributed by atoms with Gasteiger partial charge in [0, 0.05) is 33.6 Å². The predicted molar refractivity (Wildman–Crippen MR) is 151 cm³/mol. The number of aromatic amines is 1. The number of hydrogen-bond acceptors (Lipinski definition) is 5. The molecule has 2 amide bonds. The number of aromatic nitrogens is 1. The highest BCUT2D eigenvalue weighted by molar-refractivity contribution is 9.10. The van der Waals surface area contributed by atoms with Gasteiger partial charge in [-0.15, -0.1) is 0 Å². The second-order valence-corrected chi connectivity index (χ2v) is 9.25. The average Bonchev–Trinajstić information content (AvgIpc) is 3.34. The Morgan fingerprint density at radius 1 is 1.08 bits per heavy atom. The molecule has 0 fully saturated rings. The highest BCUT2D eigenvalue weighted by Gasteiger charge is 2.23. The molecule has 9 heteroatoms. The lowest BCUT2D eigenvalue weighted by molar-refractivity contribution is -0.123. The Balaban J connectivity index is 1.47. The van der Waals surface area contributed by atoms with E-state index in [9.17, 15) is 9.59 Å². The maximum Gasteiger partial charge on any atom is 0.408 e. The lowest BCUT2D eigenvalue weighted by Gasteiger charge is -2.17. The first-order valence-corrected chi connectivity index (χ1v) is 12.7. The summed E-state index contributed by atoms with van der Waals surface area (Å²) in [6, 6.07) is 21.6. The summed E-state index contributed by atoms with van der Waals surface area (Å²) in [5.41, 5.74) is 5.84. The zero-order valence-corrected chi connectivity index (χ0v) is 22.1. The van der Waals surface area contributed by atoms with E-state index in [1.54, 1.807) is 12.1 Å². The van der Waals surface area contributed by atoms with Crippen LogP contribution in [0.25, 0.3) is 10.9 Å². The number of nitrogens with zero attached hydrogens (tertiary/aromatic N) is 1. The van der Waals surface area contributed by atoms with E-state index in [2.05, 4.69) is 43.3 Å². The van der Waals surface area contributed by atoms with Crippen molar-refractivity contribution in [3.8, 4) is 5.75 Å². The van der Waals surface area contributed by atoms with Crippen molar-refractivity contribution >= 4 is 45.0 Å². The minimum atomic E-state index is -0.936. The van der Waals surface area contributed by atoms with Crippen LogP contribution in [0.15, 0.2) is 101 Å². The highest BCUT2D eigenvalue weighted by Crippen LogP contribution is 2.22. The smallest absolute Gasteiger partial charge is 0.408 e. The molecule has 38 heavy (non-hydrogen) atoms. The molecule has 8 nitrogen and oxygen atoms in total. The third kappa shape index (κ3) is 7.33. The molecule has 194 valence electrons. The van der Waals surface area contributed by atoms with Gasteiger partial charge in [-0.2, -0.15) is 5.10 Å². The van der Waals surface area contributed by atoms with Crippen molar-refractivity contribution < 1.29 is 19.1 Å². The normalized spacial score (nSPS) is 11.7. The molecule has 1 heterocycles. The summed E-state index contributed by atoms with van der Waals surface area (Å²) in [6.07, 6.45) is 4.48. The first-order valence-electron chi connectivity index (χ1n) is 11.9. The largest absolute Gasteiger partial charge is 0.489 e. The van der Waals surface area contributed by atoms with Gasteiger partial charge in [0.2, 0.25) is 0 Å². The van der Waals surface area contributed by atoms with E-state index in [1.165, 1.54) is 6.21 Å². The number of alkyl carbamates (subject to hydrolysis) is 1. The maximum atomic E-state index is 13.2. The Morgan fingerprint density at radius 3 is 2.68 bits per heavy atom. The number of ether oxygens (including phenoxy) is 2. The first-order chi connectivity index (χ1) is 18.5. The number of nitrogens with one attached hydrogen (secondary N) is 3. The van der Waals surface area contributed by atoms with Gasteiger partial charge in [-0.3, -0.25) is 4.79 Å². The van der Waals surface area contributed by atoms with E-state index >= 15 is 0 Å². The van der Waals surface area contributed by atoms with E-state index in [1.807, 2.05) is 72.9 Å². The van der Waals surface area contributed by atoms with Gasteiger partial charge in [-0.1, -0.05) is 77.1 Å². The van der Waals surface area contributed by atoms with Crippen LogP contribution in [-0.4, -0.2) is 35.8 Å². The van der Waals surface area contributed by atoms with Crippen molar-refractivity contribution in [2.24, 2.45) is 5.10 Å². The summed E-state index contributed by atoms with van der Waals surface area (Å²) in [5.74, 6) is 0.0933. The number of H-pyrrole nitrogens is 1. The first kappa shape index (κ1) is 26.7. The van der Waals surface area contributed by atoms with Crippen molar-refractivity contribution in [1.29, 1.82) is 0 Å². The quantitative estimate of drug-likeness (QED) is 0.125. The molecule has 0 bridgehead atoms. The summed E-state index contributed by atoms with van der Waals surface area (Å²) in [6.45, 7) is 4.07. The number of amides is 2. The van der Waals surface area contributed by atoms with Gasteiger partial charge in [-0.05, 0) is 35.4 Å². The number of rotatable bonds is 11. The molecule has 0 saturated heterocycles. The number of hydrazone groups is 1. The van der Waals surface area contributed by atoms with Gasteiger partial charge in [0.25, 0.3) is 5.91 Å². The molecule has 0 saturated carbocycles. The third-order valence-corrected chi connectivity index (χ3v) is 6.12. The van der Waals surface area contributed by atoms with Gasteiger partial charge >= 0.3 is 6.09 Å². The van der Waals surface area contributed by atoms with Crippen LogP contribution >= 0.6 is 15.9 Å². The Morgan fingerprint density at radius 2 is 1.87 bits per heavy atom. The number of halogens is 1. The number of carbonyl (C=O) groups excluding carboxylic acids is 2. The number of benzene rings is 3. The van der Waals surface area contributed by atoms with Gasteiger partial charge in [0.15, 0.2) is 0 Å². The van der Waals surface area contributed by atoms with Crippen LogP contribution in [0.2, 0.25) is 0 Å². The van der Waals surface area contributed by atoms with Crippen LogP contribution in [-0.2, 0) is 22.6 Å². The van der Waals surface area contributed by atoms with Crippen molar-refractivity contribution in [3.63, 3.8) is 0 Å². The van der Waals surface area contributed by atoms with E-state index in [0.29, 0.717) is 17.9 Å². The molecule has 0 aliphatic heterocycles. The fourth-order valence-electron chi connectivity index (χ4n) is 3.78. The molecule has 3 aromatic carbocycles. The van der Waals surface area contributed by atoms with Crippen molar-refractivity contribution in [2.75, 3.05) is 6.61 Å². The summed E-state index contributed by atoms with van der Waals surface area (Å²) in [5, 5.41) is 7.76. The fraction of sp³-hybridized carbons (Fsp3) is 0.138. The predicted octanol–water partition coefficient (Wildman–Crippen LogP) is 5.48. The average molecular weight is 575 g/mol. The molecule has 0 radical (unpaired) electrons. The number of carbonyl (C=O) groups is 2. The zero-order chi connectivity index (χ0) is 26.7. The molecule has 0 unspecified atom stereocenters. The fourth-order valence-corrected chi connectivity index (χ4v) is 4.16. The molecule has 3 N–H and O–H groups in total. The molecule has 1 atom stereocenters. The highest BCUT2D eigenvalue weighted by atomic mass is 79.9. The third-order valence-electron chi connectivity index (χ3n) is 5.63. The molecule has 4 rings (SSSR count). The van der Waals surface area contributed by atoms with Gasteiger partial charge < -0.3 is 19.8 Å². The van der Waals surface area contributed by atoms with Gasteiger partial charge in [0.1, 0.15) is 25.0 Å². The lowest BCUT2D eigenvalue weighted by Crippen LogP contribution is -2.47. The van der Waals surface area contributed by atoms with Crippen LogP contribution in [0.3, 0.4) is 0 Å². The van der Waals surface area contributed by atoms with Crippen LogP contribution in [0.5, 0.6) is 5.75 Å². The minimum Gasteiger partial charge on any atom is -0.489 e. The number of para-hydroxylation sites is 1. The summed E-state index contributed by atoms with van der Waals surface area (Å²) in [7, 11) is 0. The van der Waals surface area contributed by atoms with Crippen molar-refractivity contribution in [1.82, 2.24) is 15.7 Å². The number of fused-ring (bicyclic) bond motifs is 1. The molecule has 0 aliphatic rings. The second kappa shape index (κ2) is 13.3. The SMILES string of the molecule is C=CCOc1ccc(Br)cc1/C=N\NC(=O)[C@H](Cc1c[nH]c2ccccc12)NC(=O)OCc1ccccc1. The van der Waals surface area contributed by atoms with Gasteiger partial charge in [0.05, 0.1) is 6.21 Å². The monoisotopic (exact) mass is 574 g/mol. The second-order valence-electron chi connectivity index (χ2n) is 8.34. The molecule has 1 aromatic heterocycles. The Hall–Kier alpha value is -4.37. The molecule has 4 aromatic rings. The van der Waals surface area contributed by atoms with Crippen LogP contribution < -0.4 is 15.5 Å². The van der Waals surface area contributed by atoms with Crippen molar-refractivity contribution in [2.45, 2.75) is 19.1 Å². The van der Waals surface area contributed by atoms with E-state index in [-0.39, 0.29) is 13.0 Å². The summed E-state index contributed by atoms with van der Waals surface area (Å²) >= 11 is 3.43. The van der Waals surface area contributed by atoms with Gasteiger partial charge in [-0.25, -0.2) is 10.2 Å². The van der Waals surface area contributed by atoms with E-state index in [4.69, 9.17) is 9.47 Å².